The van der Waals surface area contributed by atoms with Crippen molar-refractivity contribution in [1.29, 1.82) is 0 Å². The van der Waals surface area contributed by atoms with E-state index in [1.54, 1.807) is 25.3 Å². The molecule has 24 heavy (non-hydrogen) atoms. The van der Waals surface area contributed by atoms with Gasteiger partial charge in [-0.2, -0.15) is 0 Å². The molecule has 0 bridgehead atoms. The average Bonchev–Trinajstić information content (AvgIpc) is 2.72. The summed E-state index contributed by atoms with van der Waals surface area (Å²) in [4.78, 5) is 26.8. The normalized spacial score (nSPS) is 16.1. The Balaban J connectivity index is 2.54. The lowest BCUT2D eigenvalue weighted by atomic mass is 10.1. The molecule has 1 heterocycles. The maximum atomic E-state index is 12.5. The van der Waals surface area contributed by atoms with Crippen LogP contribution < -0.4 is 4.74 Å². The quantitative estimate of drug-likeness (QED) is 0.413. The lowest BCUT2D eigenvalue weighted by Crippen LogP contribution is -2.33. The first-order valence-corrected chi connectivity index (χ1v) is 8.29. The van der Waals surface area contributed by atoms with Gasteiger partial charge in [0.2, 0.25) is 0 Å². The number of likely N-dealkylation sites (N-methyl/N-ethyl adjacent to an activating group) is 1. The highest BCUT2D eigenvalue weighted by molar-refractivity contribution is 9.10. The summed E-state index contributed by atoms with van der Waals surface area (Å²) in [5.74, 6) is -0.328. The van der Waals surface area contributed by atoms with Crippen LogP contribution in [0.5, 0.6) is 5.75 Å². The van der Waals surface area contributed by atoms with Crippen LogP contribution in [-0.2, 0) is 14.3 Å². The first-order valence-electron chi connectivity index (χ1n) is 6.71. The molecule has 0 aromatic heterocycles. The molecule has 1 aliphatic heterocycles. The Kier molecular flexibility index (Phi) is 5.84. The first kappa shape index (κ1) is 18.7. The van der Waals surface area contributed by atoms with Crippen molar-refractivity contribution < 1.29 is 19.1 Å². The number of carbonyl (C=O) groups excluding carboxylic acids is 2. The maximum Gasteiger partial charge on any atom is 0.325 e. The summed E-state index contributed by atoms with van der Waals surface area (Å²) in [6.45, 7) is -0.165. The van der Waals surface area contributed by atoms with Gasteiger partial charge in [-0.3, -0.25) is 14.5 Å². The van der Waals surface area contributed by atoms with Crippen molar-refractivity contribution in [2.45, 2.75) is 0 Å². The molecule has 0 spiro atoms. The zero-order valence-corrected chi connectivity index (χ0v) is 16.3. The fraction of sp³-hybridized carbons (Fsp3) is 0.267. The fourth-order valence-corrected chi connectivity index (χ4v) is 3.44. The van der Waals surface area contributed by atoms with E-state index in [0.29, 0.717) is 20.8 Å². The minimum Gasteiger partial charge on any atom is -0.495 e. The van der Waals surface area contributed by atoms with Crippen LogP contribution in [0.4, 0.5) is 0 Å². The number of hydrogen-bond acceptors (Lipinski definition) is 5. The number of rotatable bonds is 4. The molecule has 1 aromatic rings. The monoisotopic (exact) mass is 432 g/mol. The van der Waals surface area contributed by atoms with E-state index in [-0.39, 0.29) is 23.3 Å². The van der Waals surface area contributed by atoms with Crippen molar-refractivity contribution in [3.63, 3.8) is 0 Å². The lowest BCUT2D eigenvalue weighted by molar-refractivity contribution is -0.140. The number of methoxy groups -OCH3 is 2. The Morgan fingerprint density at radius 2 is 2.08 bits per heavy atom. The molecule has 1 aliphatic rings. The lowest BCUT2D eigenvalue weighted by Gasteiger charge is -2.17. The molecule has 2 rings (SSSR count). The average molecular weight is 434 g/mol. The van der Waals surface area contributed by atoms with Crippen molar-refractivity contribution in [3.05, 3.63) is 32.9 Å². The molecule has 0 aliphatic carbocycles. The smallest absolute Gasteiger partial charge is 0.325 e. The fourth-order valence-electron chi connectivity index (χ4n) is 2.19. The van der Waals surface area contributed by atoms with E-state index in [9.17, 15) is 9.59 Å². The van der Waals surface area contributed by atoms with Crippen molar-refractivity contribution in [2.75, 3.05) is 27.8 Å². The van der Waals surface area contributed by atoms with E-state index in [2.05, 4.69) is 20.7 Å². The Morgan fingerprint density at radius 3 is 2.67 bits per heavy atom. The number of esters is 1. The minimum absolute atomic E-state index is 0.165. The number of nitrogens with zero attached hydrogens (tertiary/aromatic N) is 2. The summed E-state index contributed by atoms with van der Waals surface area (Å²) in [6.07, 6.45) is 1.58. The van der Waals surface area contributed by atoms with E-state index in [4.69, 9.17) is 28.6 Å². The van der Waals surface area contributed by atoms with Crippen LogP contribution in [0.1, 0.15) is 5.56 Å². The van der Waals surface area contributed by atoms with Crippen LogP contribution in [0, 0.1) is 0 Å². The SMILES string of the molecule is COC(=O)CN1C(=S)N(C)C(=O)/C1=C/c1cc(Cl)cc(Br)c1OC. The highest BCUT2D eigenvalue weighted by Gasteiger charge is 2.37. The van der Waals surface area contributed by atoms with Crippen LogP contribution in [0.25, 0.3) is 6.08 Å². The molecular formula is C15H14BrClN2O4S. The van der Waals surface area contributed by atoms with E-state index in [1.807, 2.05) is 0 Å². The van der Waals surface area contributed by atoms with Crippen molar-refractivity contribution >= 4 is 62.8 Å². The number of thiocarbonyl (C=S) groups is 1. The van der Waals surface area contributed by atoms with Crippen molar-refractivity contribution in [3.8, 4) is 5.75 Å². The first-order chi connectivity index (χ1) is 11.3. The summed E-state index contributed by atoms with van der Waals surface area (Å²) in [6, 6.07) is 3.34. The summed E-state index contributed by atoms with van der Waals surface area (Å²) in [5.41, 5.74) is 0.813. The van der Waals surface area contributed by atoms with Gasteiger partial charge >= 0.3 is 5.97 Å². The third kappa shape index (κ3) is 3.55. The van der Waals surface area contributed by atoms with Gasteiger partial charge in [0.25, 0.3) is 5.91 Å². The molecule has 6 nitrogen and oxygen atoms in total. The Bertz CT molecular complexity index is 753. The molecule has 0 radical (unpaired) electrons. The zero-order chi connectivity index (χ0) is 18.0. The van der Waals surface area contributed by atoms with Crippen LogP contribution >= 0.6 is 39.7 Å². The van der Waals surface area contributed by atoms with Crippen molar-refractivity contribution in [2.24, 2.45) is 0 Å². The number of hydrogen-bond donors (Lipinski definition) is 0. The van der Waals surface area contributed by atoms with E-state index in [0.717, 1.165) is 0 Å². The Morgan fingerprint density at radius 1 is 1.42 bits per heavy atom. The summed E-state index contributed by atoms with van der Waals surface area (Å²) < 4.78 is 10.7. The number of amides is 1. The van der Waals surface area contributed by atoms with Gasteiger partial charge < -0.3 is 14.4 Å². The summed E-state index contributed by atoms with van der Waals surface area (Å²) in [5, 5.41) is 0.687. The molecule has 0 saturated carbocycles. The second-order valence-corrected chi connectivity index (χ2v) is 6.50. The van der Waals surface area contributed by atoms with Gasteiger partial charge in [0, 0.05) is 17.6 Å². The van der Waals surface area contributed by atoms with Gasteiger partial charge in [-0.25, -0.2) is 0 Å². The highest BCUT2D eigenvalue weighted by Crippen LogP contribution is 2.35. The van der Waals surface area contributed by atoms with Crippen LogP contribution in [-0.4, -0.2) is 54.6 Å². The molecule has 1 fully saturated rings. The Hall–Kier alpha value is -1.64. The Labute approximate surface area is 158 Å². The zero-order valence-electron chi connectivity index (χ0n) is 13.1. The molecule has 9 heteroatoms. The topological polar surface area (TPSA) is 59.1 Å². The number of ether oxygens (including phenoxy) is 2. The number of carbonyl (C=O) groups is 2. The van der Waals surface area contributed by atoms with Gasteiger partial charge in [0.15, 0.2) is 5.11 Å². The van der Waals surface area contributed by atoms with Gasteiger partial charge in [0.05, 0.1) is 18.7 Å². The highest BCUT2D eigenvalue weighted by atomic mass is 79.9. The van der Waals surface area contributed by atoms with Gasteiger partial charge in [-0.15, -0.1) is 0 Å². The van der Waals surface area contributed by atoms with Crippen LogP contribution in [0.3, 0.4) is 0 Å². The predicted octanol–water partition coefficient (Wildman–Crippen LogP) is 2.68. The largest absolute Gasteiger partial charge is 0.495 e. The second-order valence-electron chi connectivity index (χ2n) is 4.85. The third-order valence-electron chi connectivity index (χ3n) is 3.38. The number of halogens is 2. The van der Waals surface area contributed by atoms with Gasteiger partial charge in [-0.05, 0) is 46.4 Å². The van der Waals surface area contributed by atoms with E-state index < -0.39 is 5.97 Å². The molecule has 0 unspecified atom stereocenters. The van der Waals surface area contributed by atoms with Crippen LogP contribution in [0.15, 0.2) is 22.3 Å². The molecule has 1 aromatic carbocycles. The molecular weight excluding hydrogens is 420 g/mol. The molecule has 0 N–H and O–H groups in total. The minimum atomic E-state index is -0.509. The molecule has 1 saturated heterocycles. The van der Waals surface area contributed by atoms with E-state index in [1.165, 1.54) is 24.0 Å². The third-order valence-corrected chi connectivity index (χ3v) is 4.68. The summed E-state index contributed by atoms with van der Waals surface area (Å²) in [7, 11) is 4.32. The van der Waals surface area contributed by atoms with E-state index >= 15 is 0 Å². The molecule has 1 amide bonds. The molecule has 0 atom stereocenters. The van der Waals surface area contributed by atoms with Crippen LogP contribution in [0.2, 0.25) is 5.02 Å². The summed E-state index contributed by atoms with van der Waals surface area (Å²) >= 11 is 14.7. The predicted molar refractivity (Wildman–Crippen MR) is 97.8 cm³/mol. The number of benzene rings is 1. The standard InChI is InChI=1S/C15H14BrClN2O4S/c1-18-14(21)11(19(15(18)24)7-12(20)22-2)5-8-4-9(17)6-10(16)13(8)23-3/h4-6H,7H2,1-3H3/b11-5-. The maximum absolute atomic E-state index is 12.5. The van der Waals surface area contributed by atoms with Gasteiger partial charge in [-0.1, -0.05) is 11.6 Å². The molecule has 128 valence electrons. The van der Waals surface area contributed by atoms with Crippen molar-refractivity contribution in [1.82, 2.24) is 9.80 Å². The second kappa shape index (κ2) is 7.50. The van der Waals surface area contributed by atoms with Gasteiger partial charge in [0.1, 0.15) is 18.0 Å².